The number of hydrogen-bond donors (Lipinski definition) is 0. The van der Waals surface area contributed by atoms with E-state index in [1.165, 1.54) is 16.4 Å². The Hall–Kier alpha value is -2.64. The Morgan fingerprint density at radius 3 is 2.55 bits per heavy atom. The number of carbonyl (C=O) groups is 1. The largest absolute Gasteiger partial charge is 0.457 e. The van der Waals surface area contributed by atoms with Crippen LogP contribution in [0.4, 0.5) is 5.69 Å². The monoisotopic (exact) mass is 471 g/mol. The van der Waals surface area contributed by atoms with E-state index in [1.54, 1.807) is 18.2 Å². The van der Waals surface area contributed by atoms with Crippen molar-refractivity contribution in [2.24, 2.45) is 0 Å². The van der Waals surface area contributed by atoms with Gasteiger partial charge in [0.2, 0.25) is 0 Å². The molecule has 0 aromatic heterocycles. The molecular weight excluding hydrogens is 454 g/mol. The van der Waals surface area contributed by atoms with Gasteiger partial charge in [-0.3, -0.25) is 4.31 Å². The molecule has 7 heteroatoms. The topological polar surface area (TPSA) is 63.7 Å². The lowest BCUT2D eigenvalue weighted by atomic mass is 10.2. The van der Waals surface area contributed by atoms with Gasteiger partial charge in [-0.2, -0.15) is 0 Å². The van der Waals surface area contributed by atoms with Crippen molar-refractivity contribution >= 4 is 37.6 Å². The van der Waals surface area contributed by atoms with Crippen LogP contribution in [0.25, 0.3) is 0 Å². The zero-order valence-electron chi connectivity index (χ0n) is 15.4. The number of hydrogen-bond acceptors (Lipinski definition) is 4. The number of nitrogens with zero attached hydrogens (tertiary/aromatic N) is 1. The van der Waals surface area contributed by atoms with E-state index in [9.17, 15) is 13.2 Å². The van der Waals surface area contributed by atoms with E-state index in [0.29, 0.717) is 18.7 Å². The summed E-state index contributed by atoms with van der Waals surface area (Å²) in [5.41, 5.74) is 2.74. The Kier molecular flexibility index (Phi) is 5.43. The van der Waals surface area contributed by atoms with Gasteiger partial charge in [-0.05, 0) is 53.9 Å². The van der Waals surface area contributed by atoms with E-state index in [1.807, 2.05) is 42.5 Å². The highest BCUT2D eigenvalue weighted by molar-refractivity contribution is 9.10. The Morgan fingerprint density at radius 1 is 1.00 bits per heavy atom. The average molecular weight is 472 g/mol. The number of benzene rings is 3. The second-order valence-electron chi connectivity index (χ2n) is 6.69. The van der Waals surface area contributed by atoms with Crippen molar-refractivity contribution in [3.05, 3.63) is 94.0 Å². The van der Waals surface area contributed by atoms with Gasteiger partial charge >= 0.3 is 5.97 Å². The third kappa shape index (κ3) is 4.06. The lowest BCUT2D eigenvalue weighted by Crippen LogP contribution is -2.29. The van der Waals surface area contributed by atoms with Crippen LogP contribution in [0.15, 0.2) is 82.2 Å². The number of sulfonamides is 1. The smallest absolute Gasteiger partial charge is 0.338 e. The summed E-state index contributed by atoms with van der Waals surface area (Å²) in [6, 6.07) is 20.9. The lowest BCUT2D eigenvalue weighted by Gasteiger charge is -2.19. The number of halogens is 1. The van der Waals surface area contributed by atoms with Gasteiger partial charge in [-0.1, -0.05) is 52.3 Å². The molecule has 1 aliphatic heterocycles. The normalized spacial score (nSPS) is 13.2. The summed E-state index contributed by atoms with van der Waals surface area (Å²) < 4.78 is 34.0. The number of ether oxygens (including phenoxy) is 1. The molecule has 5 nitrogen and oxygen atoms in total. The summed E-state index contributed by atoms with van der Waals surface area (Å²) in [6.07, 6.45) is 0.671. The highest BCUT2D eigenvalue weighted by Gasteiger charge is 2.31. The maximum absolute atomic E-state index is 13.2. The molecule has 3 aromatic carbocycles. The van der Waals surface area contributed by atoms with Gasteiger partial charge in [0.15, 0.2) is 0 Å². The summed E-state index contributed by atoms with van der Waals surface area (Å²) in [6.45, 7) is 0.502. The second kappa shape index (κ2) is 8.00. The summed E-state index contributed by atoms with van der Waals surface area (Å²) in [4.78, 5) is 12.5. The molecule has 1 heterocycles. The number of carbonyl (C=O) groups excluding carboxylic acids is 1. The van der Waals surface area contributed by atoms with Crippen LogP contribution in [0.5, 0.6) is 0 Å². The standard InChI is InChI=1S/C22H18BrNO4S/c23-19-10-8-16(9-11-19)15-28-22(25)18-5-3-6-20(14-18)29(26,27)24-13-12-17-4-1-2-7-21(17)24/h1-11,14H,12-13,15H2. The van der Waals surface area contributed by atoms with Crippen LogP contribution in [-0.2, 0) is 27.8 Å². The second-order valence-corrected chi connectivity index (χ2v) is 9.46. The predicted molar refractivity (Wildman–Crippen MR) is 114 cm³/mol. The van der Waals surface area contributed by atoms with Crippen LogP contribution in [0.2, 0.25) is 0 Å². The zero-order chi connectivity index (χ0) is 20.4. The van der Waals surface area contributed by atoms with Crippen molar-refractivity contribution in [3.63, 3.8) is 0 Å². The van der Waals surface area contributed by atoms with Gasteiger partial charge in [0.1, 0.15) is 6.61 Å². The van der Waals surface area contributed by atoms with E-state index in [2.05, 4.69) is 15.9 Å². The molecule has 0 spiro atoms. The van der Waals surface area contributed by atoms with Gasteiger partial charge in [0, 0.05) is 11.0 Å². The number of fused-ring (bicyclic) bond motifs is 1. The van der Waals surface area contributed by atoms with E-state index in [0.717, 1.165) is 15.6 Å². The molecule has 0 unspecified atom stereocenters. The van der Waals surface area contributed by atoms with Crippen LogP contribution in [0.3, 0.4) is 0 Å². The SMILES string of the molecule is O=C(OCc1ccc(Br)cc1)c1cccc(S(=O)(=O)N2CCc3ccccc32)c1. The fraction of sp³-hybridized carbons (Fsp3) is 0.136. The first-order chi connectivity index (χ1) is 13.9. The molecule has 0 bridgehead atoms. The van der Waals surface area contributed by atoms with Gasteiger partial charge in [0.05, 0.1) is 16.1 Å². The van der Waals surface area contributed by atoms with E-state index < -0.39 is 16.0 Å². The van der Waals surface area contributed by atoms with Gasteiger partial charge in [0.25, 0.3) is 10.0 Å². The van der Waals surface area contributed by atoms with E-state index in [-0.39, 0.29) is 17.1 Å². The molecule has 0 amide bonds. The Labute approximate surface area is 178 Å². The average Bonchev–Trinajstić information content (AvgIpc) is 3.18. The van der Waals surface area contributed by atoms with Crippen LogP contribution < -0.4 is 4.31 Å². The summed E-state index contributed by atoms with van der Waals surface area (Å²) in [7, 11) is -3.76. The van der Waals surface area contributed by atoms with Gasteiger partial charge in [-0.25, -0.2) is 13.2 Å². The molecule has 0 N–H and O–H groups in total. The maximum atomic E-state index is 13.2. The summed E-state index contributed by atoms with van der Waals surface area (Å²) >= 11 is 3.36. The molecule has 0 atom stereocenters. The van der Waals surface area contributed by atoms with E-state index >= 15 is 0 Å². The number of esters is 1. The molecule has 0 fully saturated rings. The van der Waals surface area contributed by atoms with Crippen molar-refractivity contribution in [2.75, 3.05) is 10.8 Å². The van der Waals surface area contributed by atoms with Crippen molar-refractivity contribution in [2.45, 2.75) is 17.9 Å². The van der Waals surface area contributed by atoms with Crippen LogP contribution >= 0.6 is 15.9 Å². The fourth-order valence-electron chi connectivity index (χ4n) is 3.28. The van der Waals surface area contributed by atoms with Gasteiger partial charge in [-0.15, -0.1) is 0 Å². The van der Waals surface area contributed by atoms with Crippen molar-refractivity contribution < 1.29 is 17.9 Å². The molecule has 0 aliphatic carbocycles. The summed E-state index contributed by atoms with van der Waals surface area (Å²) in [5.74, 6) is -0.563. The summed E-state index contributed by atoms with van der Waals surface area (Å²) in [5, 5.41) is 0. The Bertz CT molecular complexity index is 1160. The first kappa shape index (κ1) is 19.7. The van der Waals surface area contributed by atoms with Crippen LogP contribution in [0, 0.1) is 0 Å². The highest BCUT2D eigenvalue weighted by Crippen LogP contribution is 2.32. The van der Waals surface area contributed by atoms with Crippen LogP contribution in [-0.4, -0.2) is 20.9 Å². The number of para-hydroxylation sites is 1. The molecule has 4 rings (SSSR count). The molecule has 0 saturated carbocycles. The molecule has 29 heavy (non-hydrogen) atoms. The molecule has 0 radical (unpaired) electrons. The zero-order valence-corrected chi connectivity index (χ0v) is 17.8. The molecule has 148 valence electrons. The third-order valence-electron chi connectivity index (χ3n) is 4.79. The third-order valence-corrected chi connectivity index (χ3v) is 7.12. The maximum Gasteiger partial charge on any atom is 0.338 e. The molecule has 1 aliphatic rings. The van der Waals surface area contributed by atoms with Crippen LogP contribution in [0.1, 0.15) is 21.5 Å². The Morgan fingerprint density at radius 2 is 1.76 bits per heavy atom. The first-order valence-electron chi connectivity index (χ1n) is 9.07. The fourth-order valence-corrected chi connectivity index (χ4v) is 5.10. The van der Waals surface area contributed by atoms with E-state index in [4.69, 9.17) is 4.74 Å². The molecule has 3 aromatic rings. The first-order valence-corrected chi connectivity index (χ1v) is 11.3. The quantitative estimate of drug-likeness (QED) is 0.511. The number of rotatable bonds is 5. The molecular formula is C22H18BrNO4S. The van der Waals surface area contributed by atoms with Crippen molar-refractivity contribution in [1.82, 2.24) is 0 Å². The minimum Gasteiger partial charge on any atom is -0.457 e. The lowest BCUT2D eigenvalue weighted by molar-refractivity contribution is 0.0472. The highest BCUT2D eigenvalue weighted by atomic mass is 79.9. The number of anilines is 1. The Balaban J connectivity index is 1.54. The minimum absolute atomic E-state index is 0.0762. The predicted octanol–water partition coefficient (Wildman–Crippen LogP) is 4.56. The molecule has 0 saturated heterocycles. The van der Waals surface area contributed by atoms with Crippen molar-refractivity contribution in [1.29, 1.82) is 0 Å². The minimum atomic E-state index is -3.76. The van der Waals surface area contributed by atoms with Gasteiger partial charge < -0.3 is 4.74 Å². The van der Waals surface area contributed by atoms with Crippen molar-refractivity contribution in [3.8, 4) is 0 Å².